The Hall–Kier alpha value is -1.14. The van der Waals surface area contributed by atoms with Crippen molar-refractivity contribution in [1.29, 1.82) is 0 Å². The van der Waals surface area contributed by atoms with Crippen LogP contribution in [0, 0.1) is 0 Å². The summed E-state index contributed by atoms with van der Waals surface area (Å²) in [4.78, 5) is 24.0. The summed E-state index contributed by atoms with van der Waals surface area (Å²) in [5.41, 5.74) is 0. The Morgan fingerprint density at radius 1 is 1.53 bits per heavy atom. The molecule has 0 spiro atoms. The lowest BCUT2D eigenvalue weighted by Gasteiger charge is -2.23. The van der Waals surface area contributed by atoms with Gasteiger partial charge in [-0.05, 0) is 20.3 Å². The van der Waals surface area contributed by atoms with Gasteiger partial charge in [-0.2, -0.15) is 0 Å². The van der Waals surface area contributed by atoms with Gasteiger partial charge in [0.05, 0.1) is 19.8 Å². The monoisotopic (exact) mass is 245 g/mol. The van der Waals surface area contributed by atoms with Gasteiger partial charge in [0.25, 0.3) is 0 Å². The van der Waals surface area contributed by atoms with Crippen molar-refractivity contribution in [2.45, 2.75) is 39.0 Å². The van der Waals surface area contributed by atoms with Gasteiger partial charge in [0, 0.05) is 13.0 Å². The van der Waals surface area contributed by atoms with E-state index in [0.29, 0.717) is 19.4 Å². The molecule has 2 unspecified atom stereocenters. The highest BCUT2D eigenvalue weighted by Gasteiger charge is 2.36. The minimum absolute atomic E-state index is 0.213. The summed E-state index contributed by atoms with van der Waals surface area (Å²) in [5, 5.41) is 0. The molecule has 0 aromatic rings. The summed E-state index contributed by atoms with van der Waals surface area (Å²) >= 11 is 0. The van der Waals surface area contributed by atoms with Crippen LogP contribution in [0.2, 0.25) is 0 Å². The summed E-state index contributed by atoms with van der Waals surface area (Å²) in [5.74, 6) is -0.213. The number of carbonyl (C=O) groups is 2. The molecule has 1 heterocycles. The van der Waals surface area contributed by atoms with Gasteiger partial charge in [0.15, 0.2) is 6.29 Å². The molecule has 0 aromatic carbocycles. The van der Waals surface area contributed by atoms with E-state index in [0.717, 1.165) is 4.90 Å². The van der Waals surface area contributed by atoms with Crippen LogP contribution in [0.5, 0.6) is 0 Å². The second kappa shape index (κ2) is 6.56. The number of rotatable bonds is 5. The van der Waals surface area contributed by atoms with Gasteiger partial charge in [-0.3, -0.25) is 4.79 Å². The average molecular weight is 245 g/mol. The molecule has 0 bridgehead atoms. The maximum absolute atomic E-state index is 11.5. The van der Waals surface area contributed by atoms with Crippen molar-refractivity contribution >= 4 is 12.0 Å². The molecule has 2 amide bonds. The Morgan fingerprint density at radius 3 is 2.82 bits per heavy atom. The van der Waals surface area contributed by atoms with Crippen LogP contribution in [-0.4, -0.2) is 49.6 Å². The summed E-state index contributed by atoms with van der Waals surface area (Å²) in [7, 11) is 1.26. The molecule has 1 aliphatic heterocycles. The lowest BCUT2D eigenvalue weighted by atomic mass is 10.2. The first kappa shape index (κ1) is 13.9. The zero-order chi connectivity index (χ0) is 12.8. The van der Waals surface area contributed by atoms with Crippen LogP contribution in [0.4, 0.5) is 4.79 Å². The molecule has 0 N–H and O–H groups in total. The molecular weight excluding hydrogens is 226 g/mol. The SMILES string of the molecule is CCOC(C)OCC1CCC(=O)N1C(=O)OC. The van der Waals surface area contributed by atoms with Gasteiger partial charge < -0.3 is 14.2 Å². The predicted molar refractivity (Wildman–Crippen MR) is 59.3 cm³/mol. The van der Waals surface area contributed by atoms with Gasteiger partial charge in [0.1, 0.15) is 0 Å². The van der Waals surface area contributed by atoms with Crippen molar-refractivity contribution in [3.05, 3.63) is 0 Å². The average Bonchev–Trinajstić information content (AvgIpc) is 2.67. The number of methoxy groups -OCH3 is 1. The molecule has 17 heavy (non-hydrogen) atoms. The molecule has 6 nitrogen and oxygen atoms in total. The summed E-state index contributed by atoms with van der Waals surface area (Å²) in [6.45, 7) is 4.50. The highest BCUT2D eigenvalue weighted by molar-refractivity contribution is 5.94. The summed E-state index contributed by atoms with van der Waals surface area (Å²) < 4.78 is 15.2. The molecule has 0 aliphatic carbocycles. The van der Waals surface area contributed by atoms with Crippen molar-refractivity contribution in [2.24, 2.45) is 0 Å². The van der Waals surface area contributed by atoms with Gasteiger partial charge >= 0.3 is 6.09 Å². The van der Waals surface area contributed by atoms with Gasteiger partial charge in [-0.25, -0.2) is 9.69 Å². The molecule has 98 valence electrons. The maximum atomic E-state index is 11.5. The number of hydrogen-bond donors (Lipinski definition) is 0. The number of nitrogens with zero attached hydrogens (tertiary/aromatic N) is 1. The molecule has 1 fully saturated rings. The first-order valence-corrected chi connectivity index (χ1v) is 5.73. The smallest absolute Gasteiger partial charge is 0.416 e. The summed E-state index contributed by atoms with van der Waals surface area (Å²) in [6, 6.07) is -0.252. The number of likely N-dealkylation sites (tertiary alicyclic amines) is 1. The van der Waals surface area contributed by atoms with E-state index in [4.69, 9.17) is 9.47 Å². The third-order valence-corrected chi connectivity index (χ3v) is 2.62. The van der Waals surface area contributed by atoms with Crippen LogP contribution >= 0.6 is 0 Å². The Balaban J connectivity index is 2.46. The summed E-state index contributed by atoms with van der Waals surface area (Å²) in [6.07, 6.45) is -0.000735. The van der Waals surface area contributed by atoms with E-state index in [9.17, 15) is 9.59 Å². The number of imide groups is 1. The quantitative estimate of drug-likeness (QED) is 0.680. The van der Waals surface area contributed by atoms with E-state index in [-0.39, 0.29) is 24.8 Å². The Morgan fingerprint density at radius 2 is 2.24 bits per heavy atom. The second-order valence-electron chi connectivity index (χ2n) is 3.78. The van der Waals surface area contributed by atoms with Gasteiger partial charge in [-0.15, -0.1) is 0 Å². The molecule has 1 saturated heterocycles. The number of hydrogen-bond acceptors (Lipinski definition) is 5. The highest BCUT2D eigenvalue weighted by atomic mass is 16.7. The molecule has 1 aliphatic rings. The fourth-order valence-corrected chi connectivity index (χ4v) is 1.78. The van der Waals surface area contributed by atoms with Crippen molar-refractivity contribution in [2.75, 3.05) is 20.3 Å². The molecule has 6 heteroatoms. The van der Waals surface area contributed by atoms with Crippen molar-refractivity contribution in [3.63, 3.8) is 0 Å². The standard InChI is InChI=1S/C11H19NO5/c1-4-16-8(2)17-7-9-5-6-10(13)12(9)11(14)15-3/h8-9H,4-7H2,1-3H3. The molecule has 0 saturated carbocycles. The van der Waals surface area contributed by atoms with Crippen molar-refractivity contribution in [1.82, 2.24) is 4.90 Å². The number of ether oxygens (including phenoxy) is 3. The maximum Gasteiger partial charge on any atom is 0.416 e. The van der Waals surface area contributed by atoms with Crippen LogP contribution < -0.4 is 0 Å². The third-order valence-electron chi connectivity index (χ3n) is 2.62. The van der Waals surface area contributed by atoms with E-state index < -0.39 is 6.09 Å². The van der Waals surface area contributed by atoms with Crippen LogP contribution in [0.1, 0.15) is 26.7 Å². The lowest BCUT2D eigenvalue weighted by Crippen LogP contribution is -2.41. The molecule has 0 aromatic heterocycles. The van der Waals surface area contributed by atoms with E-state index in [1.807, 2.05) is 6.92 Å². The van der Waals surface area contributed by atoms with Crippen LogP contribution in [0.3, 0.4) is 0 Å². The molecular formula is C11H19NO5. The Labute approximate surface area is 101 Å². The van der Waals surface area contributed by atoms with E-state index in [1.165, 1.54) is 7.11 Å². The van der Waals surface area contributed by atoms with Crippen LogP contribution in [0.15, 0.2) is 0 Å². The predicted octanol–water partition coefficient (Wildman–Crippen LogP) is 1.14. The fourth-order valence-electron chi connectivity index (χ4n) is 1.78. The lowest BCUT2D eigenvalue weighted by molar-refractivity contribution is -0.141. The van der Waals surface area contributed by atoms with E-state index >= 15 is 0 Å². The fraction of sp³-hybridized carbons (Fsp3) is 0.818. The largest absolute Gasteiger partial charge is 0.452 e. The minimum atomic E-state index is -0.620. The van der Waals surface area contributed by atoms with Gasteiger partial charge in [0.2, 0.25) is 5.91 Å². The highest BCUT2D eigenvalue weighted by Crippen LogP contribution is 2.20. The Bertz CT molecular complexity index is 281. The zero-order valence-electron chi connectivity index (χ0n) is 10.5. The van der Waals surface area contributed by atoms with Crippen LogP contribution in [0.25, 0.3) is 0 Å². The molecule has 1 rings (SSSR count). The van der Waals surface area contributed by atoms with E-state index in [1.54, 1.807) is 6.92 Å². The first-order chi connectivity index (χ1) is 8.10. The normalized spacial score (nSPS) is 21.7. The number of carbonyl (C=O) groups excluding carboxylic acids is 2. The Kier molecular flexibility index (Phi) is 5.37. The minimum Gasteiger partial charge on any atom is -0.452 e. The molecule has 2 atom stereocenters. The number of amides is 2. The molecule has 0 radical (unpaired) electrons. The van der Waals surface area contributed by atoms with E-state index in [2.05, 4.69) is 4.74 Å². The topological polar surface area (TPSA) is 65.1 Å². The van der Waals surface area contributed by atoms with Crippen LogP contribution in [-0.2, 0) is 19.0 Å². The van der Waals surface area contributed by atoms with Gasteiger partial charge in [-0.1, -0.05) is 0 Å². The second-order valence-corrected chi connectivity index (χ2v) is 3.78. The first-order valence-electron chi connectivity index (χ1n) is 5.73. The van der Waals surface area contributed by atoms with Crippen molar-refractivity contribution < 1.29 is 23.8 Å². The van der Waals surface area contributed by atoms with Crippen molar-refractivity contribution in [3.8, 4) is 0 Å². The zero-order valence-corrected chi connectivity index (χ0v) is 10.5. The third kappa shape index (κ3) is 3.67.